The van der Waals surface area contributed by atoms with Crippen LogP contribution in [0.15, 0.2) is 36.4 Å². The molecule has 0 saturated heterocycles. The highest BCUT2D eigenvalue weighted by Gasteiger charge is 2.41. The first-order valence-corrected chi connectivity index (χ1v) is 7.73. The van der Waals surface area contributed by atoms with Gasteiger partial charge in [-0.05, 0) is 37.1 Å². The monoisotopic (exact) mass is 328 g/mol. The van der Waals surface area contributed by atoms with Crippen molar-refractivity contribution in [3.63, 3.8) is 0 Å². The lowest BCUT2D eigenvalue weighted by Gasteiger charge is -2.30. The van der Waals surface area contributed by atoms with E-state index in [1.54, 1.807) is 6.07 Å². The molecule has 1 fully saturated rings. The van der Waals surface area contributed by atoms with E-state index >= 15 is 0 Å². The summed E-state index contributed by atoms with van der Waals surface area (Å²) in [5, 5.41) is 2.43. The van der Waals surface area contributed by atoms with Gasteiger partial charge in [0, 0.05) is 5.39 Å². The molecular formula is C17H16ClF3O. The van der Waals surface area contributed by atoms with Crippen molar-refractivity contribution in [2.24, 2.45) is 5.92 Å². The molecule has 22 heavy (non-hydrogen) atoms. The lowest BCUT2D eigenvalue weighted by atomic mass is 9.87. The molecule has 1 aliphatic carbocycles. The molecule has 2 aromatic rings. The van der Waals surface area contributed by atoms with Crippen LogP contribution < -0.4 is 4.74 Å². The van der Waals surface area contributed by atoms with E-state index in [1.165, 1.54) is 0 Å². The molecular weight excluding hydrogens is 313 g/mol. The smallest absolute Gasteiger partial charge is 0.391 e. The second-order valence-corrected chi connectivity index (χ2v) is 6.11. The maximum Gasteiger partial charge on any atom is 0.391 e. The topological polar surface area (TPSA) is 9.23 Å². The van der Waals surface area contributed by atoms with Gasteiger partial charge >= 0.3 is 6.18 Å². The molecule has 0 unspecified atom stereocenters. The van der Waals surface area contributed by atoms with E-state index in [-0.39, 0.29) is 18.9 Å². The SMILES string of the molecule is FC(F)(F)C1CCC(Oc2ccc3ccccc3c2Cl)CC1. The summed E-state index contributed by atoms with van der Waals surface area (Å²) in [6, 6.07) is 11.4. The van der Waals surface area contributed by atoms with E-state index in [0.717, 1.165) is 10.8 Å². The third kappa shape index (κ3) is 3.17. The minimum absolute atomic E-state index is 0.124. The average molecular weight is 329 g/mol. The number of alkyl halides is 3. The lowest BCUT2D eigenvalue weighted by molar-refractivity contribution is -0.185. The van der Waals surface area contributed by atoms with Crippen LogP contribution in [-0.4, -0.2) is 12.3 Å². The van der Waals surface area contributed by atoms with E-state index in [4.69, 9.17) is 16.3 Å². The standard InChI is InChI=1S/C17H16ClF3O/c18-16-14-4-2-1-3-11(14)5-10-15(16)22-13-8-6-12(7-9-13)17(19,20)21/h1-5,10,12-13H,6-9H2. The first-order valence-electron chi connectivity index (χ1n) is 7.36. The quantitative estimate of drug-likeness (QED) is 0.657. The van der Waals surface area contributed by atoms with Gasteiger partial charge in [0.1, 0.15) is 5.75 Å². The summed E-state index contributed by atoms with van der Waals surface area (Å²) in [5.41, 5.74) is 0. The summed E-state index contributed by atoms with van der Waals surface area (Å²) < 4.78 is 43.9. The van der Waals surface area contributed by atoms with E-state index in [9.17, 15) is 13.2 Å². The van der Waals surface area contributed by atoms with Crippen LogP contribution in [0.25, 0.3) is 10.8 Å². The van der Waals surface area contributed by atoms with Crippen LogP contribution in [0, 0.1) is 5.92 Å². The van der Waals surface area contributed by atoms with Gasteiger partial charge in [0.25, 0.3) is 0 Å². The van der Waals surface area contributed by atoms with Gasteiger partial charge in [-0.2, -0.15) is 13.2 Å². The Balaban J connectivity index is 1.71. The Hall–Kier alpha value is -1.42. The number of halogens is 4. The van der Waals surface area contributed by atoms with Crippen LogP contribution in [-0.2, 0) is 0 Å². The molecule has 0 amide bonds. The zero-order valence-electron chi connectivity index (χ0n) is 11.9. The van der Waals surface area contributed by atoms with Crippen molar-refractivity contribution in [3.8, 4) is 5.75 Å². The van der Waals surface area contributed by atoms with Crippen LogP contribution in [0.5, 0.6) is 5.75 Å². The van der Waals surface area contributed by atoms with Gasteiger partial charge in [-0.25, -0.2) is 0 Å². The van der Waals surface area contributed by atoms with Crippen molar-refractivity contribution in [2.75, 3.05) is 0 Å². The van der Waals surface area contributed by atoms with Gasteiger partial charge in [0.15, 0.2) is 0 Å². The molecule has 0 bridgehead atoms. The fraction of sp³-hybridized carbons (Fsp3) is 0.412. The molecule has 0 aromatic heterocycles. The van der Waals surface area contributed by atoms with Gasteiger partial charge in [-0.3, -0.25) is 0 Å². The van der Waals surface area contributed by atoms with E-state index in [1.807, 2.05) is 30.3 Å². The third-order valence-electron chi connectivity index (χ3n) is 4.26. The Morgan fingerprint density at radius 2 is 1.64 bits per heavy atom. The highest BCUT2D eigenvalue weighted by atomic mass is 35.5. The summed E-state index contributed by atoms with van der Waals surface area (Å²) in [6.45, 7) is 0. The van der Waals surface area contributed by atoms with Gasteiger partial charge in [0.2, 0.25) is 0 Å². The Kier molecular flexibility index (Phi) is 4.22. The molecule has 0 atom stereocenters. The maximum absolute atomic E-state index is 12.7. The van der Waals surface area contributed by atoms with E-state index in [0.29, 0.717) is 23.6 Å². The fourth-order valence-corrected chi connectivity index (χ4v) is 3.27. The van der Waals surface area contributed by atoms with Gasteiger partial charge in [-0.15, -0.1) is 0 Å². The normalized spacial score (nSPS) is 22.7. The zero-order valence-corrected chi connectivity index (χ0v) is 12.6. The van der Waals surface area contributed by atoms with Gasteiger partial charge in [-0.1, -0.05) is 41.9 Å². The summed E-state index contributed by atoms with van der Waals surface area (Å²) in [7, 11) is 0. The van der Waals surface area contributed by atoms with Gasteiger partial charge in [0.05, 0.1) is 17.0 Å². The molecule has 0 radical (unpaired) electrons. The Morgan fingerprint density at radius 3 is 2.32 bits per heavy atom. The molecule has 1 saturated carbocycles. The second-order valence-electron chi connectivity index (χ2n) is 5.73. The third-order valence-corrected chi connectivity index (χ3v) is 4.65. The summed E-state index contributed by atoms with van der Waals surface area (Å²) in [4.78, 5) is 0. The largest absolute Gasteiger partial charge is 0.489 e. The number of hydrogen-bond donors (Lipinski definition) is 0. The molecule has 5 heteroatoms. The molecule has 0 N–H and O–H groups in total. The van der Waals surface area contributed by atoms with Crippen LogP contribution in [0.3, 0.4) is 0 Å². The van der Waals surface area contributed by atoms with Crippen molar-refractivity contribution in [1.29, 1.82) is 0 Å². The number of hydrogen-bond acceptors (Lipinski definition) is 1. The fourth-order valence-electron chi connectivity index (χ4n) is 2.99. The zero-order chi connectivity index (χ0) is 15.7. The van der Waals surface area contributed by atoms with Gasteiger partial charge < -0.3 is 4.74 Å². The van der Waals surface area contributed by atoms with E-state index < -0.39 is 12.1 Å². The van der Waals surface area contributed by atoms with Crippen LogP contribution in [0.4, 0.5) is 13.2 Å². The van der Waals surface area contributed by atoms with Crippen LogP contribution in [0.1, 0.15) is 25.7 Å². The minimum atomic E-state index is -4.09. The number of fused-ring (bicyclic) bond motifs is 1. The first kappa shape index (κ1) is 15.5. The molecule has 0 heterocycles. The number of rotatable bonds is 2. The maximum atomic E-state index is 12.7. The first-order chi connectivity index (χ1) is 10.4. The van der Waals surface area contributed by atoms with E-state index in [2.05, 4.69) is 0 Å². The predicted octanol–water partition coefficient (Wildman–Crippen LogP) is 5.99. The highest BCUT2D eigenvalue weighted by Crippen LogP contribution is 2.40. The Morgan fingerprint density at radius 1 is 0.955 bits per heavy atom. The minimum Gasteiger partial charge on any atom is -0.489 e. The van der Waals surface area contributed by atoms with Crippen molar-refractivity contribution < 1.29 is 17.9 Å². The molecule has 1 aliphatic rings. The molecule has 0 spiro atoms. The lowest BCUT2D eigenvalue weighted by Crippen LogP contribution is -2.31. The van der Waals surface area contributed by atoms with Crippen molar-refractivity contribution in [3.05, 3.63) is 41.4 Å². The van der Waals surface area contributed by atoms with Crippen LogP contribution in [0.2, 0.25) is 5.02 Å². The Bertz CT molecular complexity index is 660. The van der Waals surface area contributed by atoms with Crippen molar-refractivity contribution >= 4 is 22.4 Å². The number of ether oxygens (including phenoxy) is 1. The predicted molar refractivity (Wildman–Crippen MR) is 81.4 cm³/mol. The Labute approximate surface area is 132 Å². The van der Waals surface area contributed by atoms with Crippen LogP contribution >= 0.6 is 11.6 Å². The molecule has 0 aliphatic heterocycles. The molecule has 1 nitrogen and oxygen atoms in total. The average Bonchev–Trinajstić information content (AvgIpc) is 2.50. The molecule has 2 aromatic carbocycles. The molecule has 118 valence electrons. The second kappa shape index (κ2) is 5.99. The van der Waals surface area contributed by atoms with Crippen molar-refractivity contribution in [2.45, 2.75) is 38.0 Å². The van der Waals surface area contributed by atoms with Crippen molar-refractivity contribution in [1.82, 2.24) is 0 Å². The summed E-state index contributed by atoms with van der Waals surface area (Å²) in [5.74, 6) is -0.643. The highest BCUT2D eigenvalue weighted by molar-refractivity contribution is 6.37. The molecule has 3 rings (SSSR count). The summed E-state index contributed by atoms with van der Waals surface area (Å²) >= 11 is 6.36. The number of benzene rings is 2. The summed E-state index contributed by atoms with van der Waals surface area (Å²) in [6.07, 6.45) is -3.22.